The molecule has 1 atom stereocenters. The number of unbranched alkanes of at least 4 members (excludes halogenated alkanes) is 12. The lowest BCUT2D eigenvalue weighted by Gasteiger charge is -2.03. The first-order valence-corrected chi connectivity index (χ1v) is 9.69. The van der Waals surface area contributed by atoms with E-state index in [0.717, 1.165) is 12.8 Å². The molecule has 3 heteroatoms. The SMILES string of the molecule is CCCCCCCCCCCCCCC=CC(=O)CC(O)CO. The van der Waals surface area contributed by atoms with Crippen molar-refractivity contribution in [2.24, 2.45) is 0 Å². The molecule has 1 unspecified atom stereocenters. The van der Waals surface area contributed by atoms with Crippen LogP contribution in [-0.2, 0) is 4.79 Å². The van der Waals surface area contributed by atoms with E-state index in [1.165, 1.54) is 76.7 Å². The average molecular weight is 327 g/mol. The molecule has 0 aromatic rings. The van der Waals surface area contributed by atoms with Crippen LogP contribution in [0.4, 0.5) is 0 Å². The van der Waals surface area contributed by atoms with Gasteiger partial charge in [-0.3, -0.25) is 4.79 Å². The van der Waals surface area contributed by atoms with Crippen molar-refractivity contribution in [1.29, 1.82) is 0 Å². The van der Waals surface area contributed by atoms with Crippen LogP contribution in [0.25, 0.3) is 0 Å². The minimum atomic E-state index is -0.918. The molecule has 0 radical (unpaired) electrons. The van der Waals surface area contributed by atoms with E-state index in [1.54, 1.807) is 0 Å². The fourth-order valence-electron chi connectivity index (χ4n) is 2.68. The molecule has 2 N–H and O–H groups in total. The molecule has 0 bridgehead atoms. The Balaban J connectivity index is 3.22. The largest absolute Gasteiger partial charge is 0.394 e. The number of aliphatic hydroxyl groups excluding tert-OH is 2. The van der Waals surface area contributed by atoms with Gasteiger partial charge in [-0.1, -0.05) is 83.6 Å². The van der Waals surface area contributed by atoms with Gasteiger partial charge >= 0.3 is 0 Å². The Hall–Kier alpha value is -0.670. The molecule has 0 fully saturated rings. The molecule has 3 nitrogen and oxygen atoms in total. The molecule has 136 valence electrons. The molecule has 23 heavy (non-hydrogen) atoms. The fraction of sp³-hybridized carbons (Fsp3) is 0.850. The van der Waals surface area contributed by atoms with Gasteiger partial charge in [-0.05, 0) is 18.9 Å². The first-order valence-electron chi connectivity index (χ1n) is 9.69. The summed E-state index contributed by atoms with van der Waals surface area (Å²) in [6, 6.07) is 0. The predicted octanol–water partition coefficient (Wildman–Crippen LogP) is 4.95. The quantitative estimate of drug-likeness (QED) is 0.294. The molecule has 0 aliphatic heterocycles. The van der Waals surface area contributed by atoms with Gasteiger partial charge in [-0.25, -0.2) is 0 Å². The van der Waals surface area contributed by atoms with Gasteiger partial charge in [0.2, 0.25) is 0 Å². The highest BCUT2D eigenvalue weighted by molar-refractivity contribution is 5.89. The van der Waals surface area contributed by atoms with Gasteiger partial charge in [-0.2, -0.15) is 0 Å². The van der Waals surface area contributed by atoms with Crippen LogP contribution in [-0.4, -0.2) is 28.7 Å². The molecule has 0 rings (SSSR count). The number of aliphatic hydroxyl groups is 2. The standard InChI is InChI=1S/C20H38O3/c1-2-3-4-5-6-7-8-9-10-11-12-13-14-15-16-19(22)17-20(23)18-21/h15-16,20-21,23H,2-14,17-18H2,1H3. The summed E-state index contributed by atoms with van der Waals surface area (Å²) in [5.41, 5.74) is 0. The Morgan fingerprint density at radius 1 is 0.870 bits per heavy atom. The van der Waals surface area contributed by atoms with Gasteiger partial charge in [0.1, 0.15) is 0 Å². The molecule has 0 aliphatic rings. The maximum absolute atomic E-state index is 11.4. The Bertz CT molecular complexity index is 287. The van der Waals surface area contributed by atoms with E-state index in [4.69, 9.17) is 10.2 Å². The van der Waals surface area contributed by atoms with Gasteiger partial charge < -0.3 is 10.2 Å². The molecule has 0 saturated carbocycles. The summed E-state index contributed by atoms with van der Waals surface area (Å²) in [4.78, 5) is 11.4. The number of hydrogen-bond acceptors (Lipinski definition) is 3. The molecule has 0 spiro atoms. The van der Waals surface area contributed by atoms with Crippen LogP contribution in [0, 0.1) is 0 Å². The van der Waals surface area contributed by atoms with Gasteiger partial charge in [0.05, 0.1) is 12.7 Å². The van der Waals surface area contributed by atoms with Crippen LogP contribution in [0.2, 0.25) is 0 Å². The Labute approximate surface area is 143 Å². The van der Waals surface area contributed by atoms with E-state index >= 15 is 0 Å². The molecule has 0 aliphatic carbocycles. The van der Waals surface area contributed by atoms with E-state index in [9.17, 15) is 4.79 Å². The number of allylic oxidation sites excluding steroid dienone is 2. The molecule has 0 aromatic heterocycles. The topological polar surface area (TPSA) is 57.5 Å². The van der Waals surface area contributed by atoms with E-state index in [-0.39, 0.29) is 18.8 Å². The van der Waals surface area contributed by atoms with Crippen molar-refractivity contribution in [3.05, 3.63) is 12.2 Å². The summed E-state index contributed by atoms with van der Waals surface area (Å²) in [5, 5.41) is 17.8. The lowest BCUT2D eigenvalue weighted by atomic mass is 10.0. The summed E-state index contributed by atoms with van der Waals surface area (Å²) in [5.74, 6) is -0.106. The Morgan fingerprint density at radius 3 is 1.83 bits per heavy atom. The van der Waals surface area contributed by atoms with Crippen LogP contribution in [0.3, 0.4) is 0 Å². The van der Waals surface area contributed by atoms with Gasteiger partial charge in [0.25, 0.3) is 0 Å². The summed E-state index contributed by atoms with van der Waals surface area (Å²) in [6.07, 6.45) is 19.5. The zero-order valence-electron chi connectivity index (χ0n) is 15.1. The first kappa shape index (κ1) is 22.3. The van der Waals surface area contributed by atoms with Crippen LogP contribution < -0.4 is 0 Å². The van der Waals surface area contributed by atoms with Gasteiger partial charge in [0, 0.05) is 6.42 Å². The zero-order valence-corrected chi connectivity index (χ0v) is 15.1. The molecule has 0 saturated heterocycles. The third kappa shape index (κ3) is 17.5. The smallest absolute Gasteiger partial charge is 0.158 e. The summed E-state index contributed by atoms with van der Waals surface area (Å²) < 4.78 is 0. The zero-order chi connectivity index (χ0) is 17.2. The van der Waals surface area contributed by atoms with E-state index in [2.05, 4.69) is 6.92 Å². The number of rotatable bonds is 17. The highest BCUT2D eigenvalue weighted by Gasteiger charge is 2.05. The number of carbonyl (C=O) groups excluding carboxylic acids is 1. The predicted molar refractivity (Wildman–Crippen MR) is 97.6 cm³/mol. The average Bonchev–Trinajstić information content (AvgIpc) is 2.55. The van der Waals surface area contributed by atoms with Crippen molar-refractivity contribution in [3.8, 4) is 0 Å². The molecule has 0 heterocycles. The molecular formula is C20H38O3. The highest BCUT2D eigenvalue weighted by Crippen LogP contribution is 2.12. The summed E-state index contributed by atoms with van der Waals surface area (Å²) in [6.45, 7) is 1.91. The van der Waals surface area contributed by atoms with E-state index in [1.807, 2.05) is 6.08 Å². The second kappa shape index (κ2) is 17.7. The third-order valence-corrected chi connectivity index (χ3v) is 4.18. The normalized spacial score (nSPS) is 12.8. The third-order valence-electron chi connectivity index (χ3n) is 4.18. The van der Waals surface area contributed by atoms with Crippen molar-refractivity contribution < 1.29 is 15.0 Å². The van der Waals surface area contributed by atoms with Crippen molar-refractivity contribution in [1.82, 2.24) is 0 Å². The van der Waals surface area contributed by atoms with Gasteiger partial charge in [0.15, 0.2) is 5.78 Å². The second-order valence-electron chi connectivity index (χ2n) is 6.59. The van der Waals surface area contributed by atoms with E-state index in [0.29, 0.717) is 0 Å². The minimum Gasteiger partial charge on any atom is -0.394 e. The van der Waals surface area contributed by atoms with Crippen molar-refractivity contribution >= 4 is 5.78 Å². The maximum atomic E-state index is 11.4. The fourth-order valence-corrected chi connectivity index (χ4v) is 2.68. The van der Waals surface area contributed by atoms with E-state index < -0.39 is 6.10 Å². The summed E-state index contributed by atoms with van der Waals surface area (Å²) in [7, 11) is 0. The monoisotopic (exact) mass is 326 g/mol. The van der Waals surface area contributed by atoms with Crippen LogP contribution >= 0.6 is 0 Å². The van der Waals surface area contributed by atoms with Crippen LogP contribution in [0.1, 0.15) is 96.8 Å². The first-order chi connectivity index (χ1) is 11.2. The Morgan fingerprint density at radius 2 is 1.35 bits per heavy atom. The molecule has 0 aromatic carbocycles. The van der Waals surface area contributed by atoms with Crippen molar-refractivity contribution in [3.63, 3.8) is 0 Å². The summed E-state index contributed by atoms with van der Waals surface area (Å²) >= 11 is 0. The lowest BCUT2D eigenvalue weighted by molar-refractivity contribution is -0.116. The maximum Gasteiger partial charge on any atom is 0.158 e. The number of ketones is 1. The van der Waals surface area contributed by atoms with Crippen LogP contribution in [0.15, 0.2) is 12.2 Å². The number of hydrogen-bond donors (Lipinski definition) is 2. The van der Waals surface area contributed by atoms with Crippen molar-refractivity contribution in [2.75, 3.05) is 6.61 Å². The highest BCUT2D eigenvalue weighted by atomic mass is 16.3. The Kier molecular flexibility index (Phi) is 17.2. The molecular weight excluding hydrogens is 288 g/mol. The molecule has 0 amide bonds. The second-order valence-corrected chi connectivity index (χ2v) is 6.59. The lowest BCUT2D eigenvalue weighted by Crippen LogP contribution is -2.15. The van der Waals surface area contributed by atoms with Gasteiger partial charge in [-0.15, -0.1) is 0 Å². The van der Waals surface area contributed by atoms with Crippen LogP contribution in [0.5, 0.6) is 0 Å². The minimum absolute atomic E-state index is 0.0193. The number of carbonyl (C=O) groups is 1. The van der Waals surface area contributed by atoms with Crippen molar-refractivity contribution in [2.45, 2.75) is 103 Å².